The van der Waals surface area contributed by atoms with E-state index in [4.69, 9.17) is 9.47 Å². The maximum Gasteiger partial charge on any atom is 0.415 e. The van der Waals surface area contributed by atoms with Crippen molar-refractivity contribution in [1.82, 2.24) is 9.88 Å². The van der Waals surface area contributed by atoms with Gasteiger partial charge in [-0.3, -0.25) is 4.98 Å². The summed E-state index contributed by atoms with van der Waals surface area (Å²) in [6, 6.07) is 10.2. The Labute approximate surface area is 159 Å². The molecule has 0 aliphatic carbocycles. The molecule has 2 aromatic rings. The number of rotatable bonds is 4. The number of carbonyl (C=O) groups is 1. The summed E-state index contributed by atoms with van der Waals surface area (Å²) in [5.41, 5.74) is 3.62. The van der Waals surface area contributed by atoms with E-state index in [2.05, 4.69) is 22.0 Å². The number of benzene rings is 1. The maximum absolute atomic E-state index is 12.5. The first-order chi connectivity index (χ1) is 13.2. The minimum atomic E-state index is -0.299. The second-order valence-corrected chi connectivity index (χ2v) is 7.15. The number of carbonyl (C=O) groups excluding carboxylic acids is 1. The number of nitrogens with zero attached hydrogens (tertiary/aromatic N) is 3. The first-order valence-electron chi connectivity index (χ1n) is 9.50. The van der Waals surface area contributed by atoms with Crippen LogP contribution in [0.2, 0.25) is 0 Å². The van der Waals surface area contributed by atoms with Crippen LogP contribution >= 0.6 is 0 Å². The smallest absolute Gasteiger partial charge is 0.410 e. The number of aromatic nitrogens is 1. The summed E-state index contributed by atoms with van der Waals surface area (Å²) < 4.78 is 11.0. The molecule has 4 rings (SSSR count). The molecule has 3 heterocycles. The molecular formula is C21H25N3O3. The fourth-order valence-corrected chi connectivity index (χ4v) is 3.78. The van der Waals surface area contributed by atoms with Crippen LogP contribution in [0.4, 0.5) is 10.5 Å². The van der Waals surface area contributed by atoms with Crippen molar-refractivity contribution < 1.29 is 14.3 Å². The third kappa shape index (κ3) is 4.06. The van der Waals surface area contributed by atoms with Crippen LogP contribution in [-0.2, 0) is 17.7 Å². The summed E-state index contributed by atoms with van der Waals surface area (Å²) in [5, 5.41) is 0. The average Bonchev–Trinajstić information content (AvgIpc) is 3.11. The predicted octanol–water partition coefficient (Wildman–Crippen LogP) is 3.25. The molecule has 0 saturated carbocycles. The van der Waals surface area contributed by atoms with Gasteiger partial charge in [-0.15, -0.1) is 0 Å². The lowest BCUT2D eigenvalue weighted by Gasteiger charge is -2.30. The number of amides is 1. The van der Waals surface area contributed by atoms with Crippen molar-refractivity contribution in [1.29, 1.82) is 0 Å². The Morgan fingerprint density at radius 1 is 1.33 bits per heavy atom. The van der Waals surface area contributed by atoms with Crippen LogP contribution in [0.3, 0.4) is 0 Å². The van der Waals surface area contributed by atoms with Gasteiger partial charge in [0.05, 0.1) is 0 Å². The molecule has 1 aromatic heterocycles. The number of pyridine rings is 1. The van der Waals surface area contributed by atoms with Gasteiger partial charge in [0.25, 0.3) is 0 Å². The van der Waals surface area contributed by atoms with Gasteiger partial charge in [-0.05, 0) is 54.7 Å². The van der Waals surface area contributed by atoms with E-state index in [9.17, 15) is 4.79 Å². The average molecular weight is 367 g/mol. The van der Waals surface area contributed by atoms with Crippen LogP contribution < -0.4 is 9.64 Å². The molecule has 1 saturated heterocycles. The van der Waals surface area contributed by atoms with Gasteiger partial charge in [-0.1, -0.05) is 6.07 Å². The topological polar surface area (TPSA) is 54.9 Å². The highest BCUT2D eigenvalue weighted by atomic mass is 16.6. The molecule has 0 atom stereocenters. The zero-order valence-corrected chi connectivity index (χ0v) is 15.6. The third-order valence-corrected chi connectivity index (χ3v) is 5.37. The molecule has 0 spiro atoms. The van der Waals surface area contributed by atoms with Gasteiger partial charge in [-0.2, -0.15) is 0 Å². The van der Waals surface area contributed by atoms with Crippen molar-refractivity contribution in [2.24, 2.45) is 0 Å². The van der Waals surface area contributed by atoms with Gasteiger partial charge in [-0.25, -0.2) is 4.79 Å². The van der Waals surface area contributed by atoms with Crippen LogP contribution in [0.5, 0.6) is 5.75 Å². The van der Waals surface area contributed by atoms with E-state index in [1.165, 1.54) is 16.8 Å². The summed E-state index contributed by atoms with van der Waals surface area (Å²) in [4.78, 5) is 20.7. The molecule has 0 N–H and O–H groups in total. The van der Waals surface area contributed by atoms with E-state index in [0.717, 1.165) is 32.4 Å². The van der Waals surface area contributed by atoms with E-state index in [1.54, 1.807) is 18.1 Å². The Kier molecular flexibility index (Phi) is 5.25. The molecule has 0 unspecified atom stereocenters. The largest absolute Gasteiger partial charge is 0.415 e. The van der Waals surface area contributed by atoms with E-state index >= 15 is 0 Å². The minimum absolute atomic E-state index is 0.190. The Balaban J connectivity index is 1.40. The second-order valence-electron chi connectivity index (χ2n) is 7.15. The monoisotopic (exact) mass is 367 g/mol. The highest BCUT2D eigenvalue weighted by Crippen LogP contribution is 2.32. The standard InChI is InChI=1S/C21H25N3O3/c1-23(18-7-11-26-12-8-18)21(25)27-19-4-5-20-17(13-19)6-10-24(20)15-16-3-2-9-22-14-16/h2-5,9,13-14,18H,6-8,10-12,15H2,1H3. The van der Waals surface area contributed by atoms with Crippen LogP contribution in [0.15, 0.2) is 42.7 Å². The van der Waals surface area contributed by atoms with Crippen molar-refractivity contribution in [2.45, 2.75) is 31.8 Å². The molecule has 6 heteroatoms. The highest BCUT2D eigenvalue weighted by Gasteiger charge is 2.25. The van der Waals surface area contributed by atoms with Crippen molar-refractivity contribution in [2.75, 3.05) is 31.7 Å². The number of anilines is 1. The van der Waals surface area contributed by atoms with E-state index < -0.39 is 0 Å². The first kappa shape index (κ1) is 17.8. The molecular weight excluding hydrogens is 342 g/mol. The highest BCUT2D eigenvalue weighted by molar-refractivity contribution is 5.71. The summed E-state index contributed by atoms with van der Waals surface area (Å²) >= 11 is 0. The number of hydrogen-bond acceptors (Lipinski definition) is 5. The van der Waals surface area contributed by atoms with Crippen LogP contribution in [0, 0.1) is 0 Å². The summed E-state index contributed by atoms with van der Waals surface area (Å²) in [5.74, 6) is 0.612. The Hall–Kier alpha value is -2.60. The number of fused-ring (bicyclic) bond motifs is 1. The van der Waals surface area contributed by atoms with E-state index in [-0.39, 0.29) is 12.1 Å². The summed E-state index contributed by atoms with van der Waals surface area (Å²) in [6.45, 7) is 3.21. The van der Waals surface area contributed by atoms with Crippen molar-refractivity contribution in [3.05, 3.63) is 53.9 Å². The molecule has 142 valence electrons. The zero-order chi connectivity index (χ0) is 18.6. The van der Waals surface area contributed by atoms with Crippen molar-refractivity contribution >= 4 is 11.8 Å². The van der Waals surface area contributed by atoms with Gasteiger partial charge in [0.2, 0.25) is 0 Å². The summed E-state index contributed by atoms with van der Waals surface area (Å²) in [6.07, 6.45) is 6.07. The first-order valence-corrected chi connectivity index (χ1v) is 9.50. The van der Waals surface area contributed by atoms with Crippen molar-refractivity contribution in [3.8, 4) is 5.75 Å². The van der Waals surface area contributed by atoms with Gasteiger partial charge in [0.15, 0.2) is 0 Å². The Bertz CT molecular complexity index is 791. The molecule has 2 aliphatic rings. The predicted molar refractivity (Wildman–Crippen MR) is 103 cm³/mol. The Morgan fingerprint density at radius 3 is 2.96 bits per heavy atom. The lowest BCUT2D eigenvalue weighted by atomic mass is 10.1. The molecule has 1 fully saturated rings. The molecule has 6 nitrogen and oxygen atoms in total. The minimum Gasteiger partial charge on any atom is -0.410 e. The van der Waals surface area contributed by atoms with E-state index in [0.29, 0.717) is 19.0 Å². The molecule has 2 aliphatic heterocycles. The molecule has 27 heavy (non-hydrogen) atoms. The Morgan fingerprint density at radius 2 is 2.19 bits per heavy atom. The van der Waals surface area contributed by atoms with Crippen LogP contribution in [0.25, 0.3) is 0 Å². The lowest BCUT2D eigenvalue weighted by Crippen LogP contribution is -2.42. The zero-order valence-electron chi connectivity index (χ0n) is 15.6. The van der Waals surface area contributed by atoms with Gasteiger partial charge >= 0.3 is 6.09 Å². The third-order valence-electron chi connectivity index (χ3n) is 5.37. The van der Waals surface area contributed by atoms with Crippen molar-refractivity contribution in [3.63, 3.8) is 0 Å². The molecule has 0 bridgehead atoms. The lowest BCUT2D eigenvalue weighted by molar-refractivity contribution is 0.0454. The SMILES string of the molecule is CN(C(=O)Oc1ccc2c(c1)CCN2Cc1cccnc1)C1CCOCC1. The summed E-state index contributed by atoms with van der Waals surface area (Å²) in [7, 11) is 1.81. The normalized spacial score (nSPS) is 16.9. The van der Waals surface area contributed by atoms with Crippen LogP contribution in [0.1, 0.15) is 24.0 Å². The fourth-order valence-electron chi connectivity index (χ4n) is 3.78. The number of ether oxygens (including phenoxy) is 2. The quantitative estimate of drug-likeness (QED) is 0.830. The second kappa shape index (κ2) is 7.96. The van der Waals surface area contributed by atoms with E-state index in [1.807, 2.05) is 24.4 Å². The van der Waals surface area contributed by atoms with Gasteiger partial charge in [0, 0.05) is 57.5 Å². The molecule has 1 aromatic carbocycles. The van der Waals surface area contributed by atoms with Gasteiger partial charge in [0.1, 0.15) is 5.75 Å². The van der Waals surface area contributed by atoms with Crippen LogP contribution in [-0.4, -0.2) is 48.8 Å². The molecule has 1 amide bonds. The number of hydrogen-bond donors (Lipinski definition) is 0. The fraction of sp³-hybridized carbons (Fsp3) is 0.429. The molecule has 0 radical (unpaired) electrons. The maximum atomic E-state index is 12.5. The van der Waals surface area contributed by atoms with Gasteiger partial charge < -0.3 is 19.3 Å².